The predicted octanol–water partition coefficient (Wildman–Crippen LogP) is 0.328. The molecule has 0 atom stereocenters. The van der Waals surface area contributed by atoms with Crippen LogP contribution in [0.1, 0.15) is 22.1 Å². The quantitative estimate of drug-likeness (QED) is 0.806. The van der Waals surface area contributed by atoms with Crippen molar-refractivity contribution in [1.29, 1.82) is 0 Å². The molecule has 0 bridgehead atoms. The van der Waals surface area contributed by atoms with Crippen molar-refractivity contribution in [2.75, 3.05) is 12.3 Å². The van der Waals surface area contributed by atoms with Gasteiger partial charge in [-0.2, -0.15) is 4.98 Å². The largest absolute Gasteiger partial charge is 0.384 e. The van der Waals surface area contributed by atoms with Crippen LogP contribution in [0.5, 0.6) is 0 Å². The average molecular weight is 247 g/mol. The average Bonchev–Trinajstić information content (AvgIpc) is 2.76. The van der Waals surface area contributed by atoms with Crippen LogP contribution in [-0.4, -0.2) is 27.6 Å². The lowest BCUT2D eigenvalue weighted by Crippen LogP contribution is -2.25. The Hall–Kier alpha value is -2.44. The number of aryl methyl sites for hydroxylation is 1. The Kier molecular flexibility index (Phi) is 3.52. The first-order valence-corrected chi connectivity index (χ1v) is 5.44. The second-order valence-corrected chi connectivity index (χ2v) is 3.71. The summed E-state index contributed by atoms with van der Waals surface area (Å²) in [6.07, 6.45) is 1.93. The molecule has 94 valence electrons. The van der Waals surface area contributed by atoms with Crippen LogP contribution in [0.15, 0.2) is 22.9 Å². The predicted molar refractivity (Wildman–Crippen MR) is 63.7 cm³/mol. The molecule has 0 aliphatic heterocycles. The fourth-order valence-electron chi connectivity index (χ4n) is 1.37. The smallest absolute Gasteiger partial charge is 0.252 e. The lowest BCUT2D eigenvalue weighted by Gasteiger charge is -2.03. The van der Waals surface area contributed by atoms with Gasteiger partial charge >= 0.3 is 0 Å². The number of carbonyl (C=O) groups is 1. The Morgan fingerprint density at radius 1 is 1.50 bits per heavy atom. The van der Waals surface area contributed by atoms with Crippen LogP contribution in [0.3, 0.4) is 0 Å². The molecule has 1 amide bonds. The van der Waals surface area contributed by atoms with E-state index in [4.69, 9.17) is 10.3 Å². The van der Waals surface area contributed by atoms with Crippen LogP contribution < -0.4 is 11.1 Å². The lowest BCUT2D eigenvalue weighted by atomic mass is 10.2. The van der Waals surface area contributed by atoms with Gasteiger partial charge in [-0.05, 0) is 19.1 Å². The van der Waals surface area contributed by atoms with Crippen molar-refractivity contribution in [3.8, 4) is 0 Å². The van der Waals surface area contributed by atoms with Gasteiger partial charge in [0.05, 0.1) is 5.56 Å². The topological polar surface area (TPSA) is 107 Å². The summed E-state index contributed by atoms with van der Waals surface area (Å²) < 4.78 is 4.93. The Bertz CT molecular complexity index is 535. The molecular weight excluding hydrogens is 234 g/mol. The number of pyridine rings is 1. The van der Waals surface area contributed by atoms with E-state index in [-0.39, 0.29) is 5.91 Å². The van der Waals surface area contributed by atoms with Crippen LogP contribution >= 0.6 is 0 Å². The van der Waals surface area contributed by atoms with Gasteiger partial charge in [0.1, 0.15) is 5.82 Å². The molecule has 0 spiro atoms. The number of nitrogens with one attached hydrogen (secondary N) is 1. The first-order chi connectivity index (χ1) is 8.65. The van der Waals surface area contributed by atoms with Gasteiger partial charge in [-0.15, -0.1) is 0 Å². The Balaban J connectivity index is 1.83. The van der Waals surface area contributed by atoms with E-state index in [1.54, 1.807) is 19.1 Å². The molecule has 0 aliphatic carbocycles. The van der Waals surface area contributed by atoms with Crippen molar-refractivity contribution in [1.82, 2.24) is 20.4 Å². The number of rotatable bonds is 4. The number of nitrogens with zero attached hydrogens (tertiary/aromatic N) is 3. The van der Waals surface area contributed by atoms with Crippen LogP contribution in [-0.2, 0) is 6.42 Å². The van der Waals surface area contributed by atoms with Crippen molar-refractivity contribution >= 4 is 11.7 Å². The maximum absolute atomic E-state index is 11.7. The molecule has 0 unspecified atom stereocenters. The number of anilines is 1. The van der Waals surface area contributed by atoms with E-state index in [2.05, 4.69) is 20.4 Å². The molecule has 0 fully saturated rings. The fourth-order valence-corrected chi connectivity index (χ4v) is 1.37. The summed E-state index contributed by atoms with van der Waals surface area (Å²) in [6, 6.07) is 3.20. The van der Waals surface area contributed by atoms with Gasteiger partial charge in [0.15, 0.2) is 5.82 Å². The molecule has 0 aromatic carbocycles. The minimum atomic E-state index is -0.210. The molecule has 3 N–H and O–H groups in total. The molecule has 2 rings (SSSR count). The molecule has 7 heteroatoms. The maximum Gasteiger partial charge on any atom is 0.252 e. The highest BCUT2D eigenvalue weighted by atomic mass is 16.5. The van der Waals surface area contributed by atoms with Gasteiger partial charge in [-0.3, -0.25) is 4.79 Å². The number of amides is 1. The molecule has 0 saturated heterocycles. The summed E-state index contributed by atoms with van der Waals surface area (Å²) in [5.74, 6) is 1.26. The summed E-state index contributed by atoms with van der Waals surface area (Å²) >= 11 is 0. The van der Waals surface area contributed by atoms with Crippen LogP contribution in [0, 0.1) is 6.92 Å². The van der Waals surface area contributed by atoms with E-state index >= 15 is 0 Å². The summed E-state index contributed by atoms with van der Waals surface area (Å²) in [7, 11) is 0. The summed E-state index contributed by atoms with van der Waals surface area (Å²) in [4.78, 5) is 19.6. The SMILES string of the molecule is Cc1noc(CCNC(=O)c2ccc(N)nc2)n1. The number of carbonyl (C=O) groups excluding carboxylic acids is 1. The van der Waals surface area contributed by atoms with Crippen molar-refractivity contribution in [2.24, 2.45) is 0 Å². The molecule has 0 radical (unpaired) electrons. The van der Waals surface area contributed by atoms with E-state index in [1.165, 1.54) is 6.20 Å². The molecule has 2 aromatic heterocycles. The minimum Gasteiger partial charge on any atom is -0.384 e. The molecule has 0 saturated carbocycles. The number of hydrogen-bond donors (Lipinski definition) is 2. The van der Waals surface area contributed by atoms with Gasteiger partial charge in [0, 0.05) is 19.2 Å². The number of hydrogen-bond acceptors (Lipinski definition) is 6. The van der Waals surface area contributed by atoms with Crippen molar-refractivity contribution < 1.29 is 9.32 Å². The normalized spacial score (nSPS) is 10.3. The van der Waals surface area contributed by atoms with Gasteiger partial charge < -0.3 is 15.6 Å². The first-order valence-electron chi connectivity index (χ1n) is 5.44. The highest BCUT2D eigenvalue weighted by molar-refractivity contribution is 5.93. The number of nitrogens with two attached hydrogens (primary N) is 1. The minimum absolute atomic E-state index is 0.210. The van der Waals surface area contributed by atoms with E-state index in [9.17, 15) is 4.79 Å². The zero-order valence-corrected chi connectivity index (χ0v) is 9.88. The number of nitrogen functional groups attached to an aromatic ring is 1. The second-order valence-electron chi connectivity index (χ2n) is 3.71. The maximum atomic E-state index is 11.7. The number of aromatic nitrogens is 3. The van der Waals surface area contributed by atoms with Crippen molar-refractivity contribution in [2.45, 2.75) is 13.3 Å². The summed E-state index contributed by atoms with van der Waals surface area (Å²) in [6.45, 7) is 2.16. The Morgan fingerprint density at radius 2 is 2.33 bits per heavy atom. The van der Waals surface area contributed by atoms with E-state index in [0.29, 0.717) is 36.1 Å². The first kappa shape index (κ1) is 12.0. The van der Waals surface area contributed by atoms with Crippen LogP contribution in [0.25, 0.3) is 0 Å². The van der Waals surface area contributed by atoms with Crippen molar-refractivity contribution in [3.63, 3.8) is 0 Å². The molecule has 2 aromatic rings. The zero-order chi connectivity index (χ0) is 13.0. The third kappa shape index (κ3) is 3.03. The second kappa shape index (κ2) is 5.26. The van der Waals surface area contributed by atoms with Crippen LogP contribution in [0.2, 0.25) is 0 Å². The molecule has 0 aliphatic rings. The monoisotopic (exact) mass is 247 g/mol. The van der Waals surface area contributed by atoms with Gasteiger partial charge in [-0.25, -0.2) is 4.98 Å². The van der Waals surface area contributed by atoms with Crippen molar-refractivity contribution in [3.05, 3.63) is 35.6 Å². The Morgan fingerprint density at radius 3 is 2.94 bits per heavy atom. The highest BCUT2D eigenvalue weighted by Gasteiger charge is 2.07. The van der Waals surface area contributed by atoms with E-state index in [0.717, 1.165) is 0 Å². The van der Waals surface area contributed by atoms with Gasteiger partial charge in [0.25, 0.3) is 5.91 Å². The summed E-state index contributed by atoms with van der Waals surface area (Å²) in [5, 5.41) is 6.39. The van der Waals surface area contributed by atoms with E-state index < -0.39 is 0 Å². The standard InChI is InChI=1S/C11H13N5O2/c1-7-15-10(18-16-7)4-5-13-11(17)8-2-3-9(12)14-6-8/h2-3,6H,4-5H2,1H3,(H2,12,14)(H,13,17). The Labute approximate surface area is 103 Å². The third-order valence-corrected chi connectivity index (χ3v) is 2.24. The molecular formula is C11H13N5O2. The third-order valence-electron chi connectivity index (χ3n) is 2.24. The molecule has 18 heavy (non-hydrogen) atoms. The van der Waals surface area contributed by atoms with Gasteiger partial charge in [0.2, 0.25) is 5.89 Å². The van der Waals surface area contributed by atoms with Gasteiger partial charge in [-0.1, -0.05) is 5.16 Å². The lowest BCUT2D eigenvalue weighted by molar-refractivity contribution is 0.0953. The zero-order valence-electron chi connectivity index (χ0n) is 9.88. The summed E-state index contributed by atoms with van der Waals surface area (Å²) in [5.41, 5.74) is 5.90. The molecule has 2 heterocycles. The highest BCUT2D eigenvalue weighted by Crippen LogP contribution is 2.01. The van der Waals surface area contributed by atoms with E-state index in [1.807, 2.05) is 0 Å². The molecule has 7 nitrogen and oxygen atoms in total. The van der Waals surface area contributed by atoms with Crippen LogP contribution in [0.4, 0.5) is 5.82 Å². The fraction of sp³-hybridized carbons (Fsp3) is 0.273.